The van der Waals surface area contributed by atoms with Crippen molar-refractivity contribution < 1.29 is 19.7 Å². The Morgan fingerprint density at radius 2 is 0.617 bits per heavy atom. The molecule has 0 radical (unpaired) electrons. The van der Waals surface area contributed by atoms with Crippen LogP contribution in [-0.2, 0) is 13.1 Å². The standard InChI is InChI=1S/C67H48N10O4/c78-48-27-17-43(18-28-48)41-68-59-33-35-63(53-11-3-1-9-51(53)59)74-76-65-39-37-61(55-13-5-7-15-57(55)65)72-70-46-23-21-45(22-24-46)67(80)81-50-31-25-47(26-32-50)71-73-62-38-40-66(58-16-8-6-14-56(58)62)77-75-64-36-34-60(52-10-2-4-12-54(52)64)69-42-44-19-29-49(79)30-20-44/h1-40,68-69,78-79H,41-42H2. The largest absolute Gasteiger partial charge is 0.508 e. The molecule has 0 unspecified atom stereocenters. The first-order chi connectivity index (χ1) is 39.8. The second-order valence-electron chi connectivity index (χ2n) is 18.9. The number of hydrogen-bond acceptors (Lipinski definition) is 14. The third kappa shape index (κ3) is 11.6. The van der Waals surface area contributed by atoms with Gasteiger partial charge in [-0.1, -0.05) is 121 Å². The zero-order valence-corrected chi connectivity index (χ0v) is 43.3. The number of benzene rings is 12. The molecule has 0 spiro atoms. The Balaban J connectivity index is 0.674. The van der Waals surface area contributed by atoms with Gasteiger partial charge in [0.1, 0.15) is 17.2 Å². The Labute approximate surface area is 464 Å². The van der Waals surface area contributed by atoms with Crippen LogP contribution in [0, 0.1) is 0 Å². The van der Waals surface area contributed by atoms with Gasteiger partial charge in [-0.3, -0.25) is 0 Å². The molecule has 4 N–H and O–H groups in total. The molecule has 0 aliphatic heterocycles. The minimum Gasteiger partial charge on any atom is -0.508 e. The van der Waals surface area contributed by atoms with E-state index in [9.17, 15) is 15.0 Å². The summed E-state index contributed by atoms with van der Waals surface area (Å²) in [6.07, 6.45) is 0. The highest BCUT2D eigenvalue weighted by molar-refractivity contribution is 6.03. The van der Waals surface area contributed by atoms with Gasteiger partial charge in [0.15, 0.2) is 0 Å². The van der Waals surface area contributed by atoms with Gasteiger partial charge in [-0.05, 0) is 132 Å². The van der Waals surface area contributed by atoms with E-state index in [-0.39, 0.29) is 11.5 Å². The molecule has 14 nitrogen and oxygen atoms in total. The van der Waals surface area contributed by atoms with Gasteiger partial charge in [0.25, 0.3) is 0 Å². The van der Waals surface area contributed by atoms with Crippen molar-refractivity contribution in [2.45, 2.75) is 13.1 Å². The van der Waals surface area contributed by atoms with Gasteiger partial charge in [0.05, 0.1) is 51.1 Å². The zero-order valence-electron chi connectivity index (χ0n) is 43.3. The molecule has 12 rings (SSSR count). The van der Waals surface area contributed by atoms with E-state index >= 15 is 0 Å². The van der Waals surface area contributed by atoms with Crippen LogP contribution in [0.4, 0.5) is 56.9 Å². The number of ether oxygens (including phenoxy) is 1. The SMILES string of the molecule is O=C(Oc1ccc(N=Nc2ccc(N=Nc3ccc(NCc4ccc(O)cc4)c4ccccc34)c3ccccc23)cc1)c1ccc(N=Nc2ccc(N=Nc3ccc(NCc4ccc(O)cc4)c4ccccc34)c3ccccc23)cc1. The Morgan fingerprint density at radius 1 is 0.321 bits per heavy atom. The number of aromatic hydroxyl groups is 2. The number of fused-ring (bicyclic) bond motifs is 4. The van der Waals surface area contributed by atoms with Crippen molar-refractivity contribution in [2.24, 2.45) is 40.9 Å². The molecule has 0 fully saturated rings. The molecule has 12 aromatic rings. The summed E-state index contributed by atoms with van der Waals surface area (Å²) < 4.78 is 5.71. The molecule has 14 heteroatoms. The van der Waals surface area contributed by atoms with Crippen LogP contribution in [0.15, 0.2) is 284 Å². The normalized spacial score (nSPS) is 11.8. The number of rotatable bonds is 16. The van der Waals surface area contributed by atoms with Gasteiger partial charge in [-0.25, -0.2) is 4.79 Å². The Hall–Kier alpha value is -11.3. The molecule has 0 heterocycles. The number of carbonyl (C=O) groups excluding carboxylic acids is 1. The Bertz CT molecular complexity index is 4410. The predicted octanol–water partition coefficient (Wildman–Crippen LogP) is 19.8. The number of anilines is 2. The second-order valence-corrected chi connectivity index (χ2v) is 18.9. The lowest BCUT2D eigenvalue weighted by molar-refractivity contribution is 0.0734. The maximum Gasteiger partial charge on any atom is 0.343 e. The molecule has 0 bridgehead atoms. The van der Waals surface area contributed by atoms with Crippen molar-refractivity contribution in [1.82, 2.24) is 0 Å². The topological polar surface area (TPSA) is 190 Å². The van der Waals surface area contributed by atoms with Gasteiger partial charge in [-0.2, -0.15) is 10.2 Å². The molecule has 0 amide bonds. The summed E-state index contributed by atoms with van der Waals surface area (Å²) in [5.74, 6) is 0.303. The summed E-state index contributed by atoms with van der Waals surface area (Å²) in [6.45, 7) is 1.20. The van der Waals surface area contributed by atoms with E-state index in [4.69, 9.17) is 25.2 Å². The molecular formula is C67H48N10O4. The third-order valence-electron chi connectivity index (χ3n) is 13.6. The maximum absolute atomic E-state index is 13.2. The summed E-state index contributed by atoms with van der Waals surface area (Å²) >= 11 is 0. The number of phenols is 2. The second kappa shape index (κ2) is 23.2. The molecule has 0 aliphatic carbocycles. The van der Waals surface area contributed by atoms with Crippen LogP contribution in [-0.4, -0.2) is 16.2 Å². The average molecular weight is 1060 g/mol. The number of nitrogens with zero attached hydrogens (tertiary/aromatic N) is 8. The van der Waals surface area contributed by atoms with Crippen LogP contribution in [0.3, 0.4) is 0 Å². The van der Waals surface area contributed by atoms with E-state index in [0.29, 0.717) is 58.5 Å². The Kier molecular flexibility index (Phi) is 14.5. The fourth-order valence-electron chi connectivity index (χ4n) is 9.40. The quantitative estimate of drug-likeness (QED) is 0.0423. The van der Waals surface area contributed by atoms with E-state index < -0.39 is 5.97 Å². The van der Waals surface area contributed by atoms with Crippen molar-refractivity contribution >= 4 is 106 Å². The van der Waals surface area contributed by atoms with Crippen LogP contribution in [0.1, 0.15) is 21.5 Å². The van der Waals surface area contributed by atoms with Crippen LogP contribution >= 0.6 is 0 Å². The van der Waals surface area contributed by atoms with Gasteiger partial charge in [0, 0.05) is 67.6 Å². The number of carbonyl (C=O) groups is 1. The molecule has 0 saturated carbocycles. The summed E-state index contributed by atoms with van der Waals surface area (Å²) in [5.41, 5.74) is 9.69. The molecule has 12 aromatic carbocycles. The van der Waals surface area contributed by atoms with Gasteiger partial charge in [-0.15, -0.1) is 30.7 Å². The lowest BCUT2D eigenvalue weighted by atomic mass is 10.1. The van der Waals surface area contributed by atoms with Crippen molar-refractivity contribution in [1.29, 1.82) is 0 Å². The third-order valence-corrected chi connectivity index (χ3v) is 13.6. The van der Waals surface area contributed by atoms with E-state index in [1.165, 1.54) is 0 Å². The van der Waals surface area contributed by atoms with Crippen LogP contribution in [0.2, 0.25) is 0 Å². The van der Waals surface area contributed by atoms with Crippen molar-refractivity contribution in [3.8, 4) is 17.2 Å². The number of esters is 1. The molecular weight excluding hydrogens is 1010 g/mol. The van der Waals surface area contributed by atoms with Gasteiger partial charge in [0.2, 0.25) is 0 Å². The van der Waals surface area contributed by atoms with Crippen LogP contribution < -0.4 is 15.4 Å². The first kappa shape index (κ1) is 50.6. The monoisotopic (exact) mass is 1060 g/mol. The smallest absolute Gasteiger partial charge is 0.343 e. The number of azo groups is 4. The molecule has 0 atom stereocenters. The first-order valence-corrected chi connectivity index (χ1v) is 26.1. The highest BCUT2D eigenvalue weighted by atomic mass is 16.5. The highest BCUT2D eigenvalue weighted by Gasteiger charge is 2.13. The molecule has 0 aromatic heterocycles. The molecule has 81 heavy (non-hydrogen) atoms. The van der Waals surface area contributed by atoms with E-state index in [1.54, 1.807) is 72.8 Å². The Morgan fingerprint density at radius 3 is 0.975 bits per heavy atom. The summed E-state index contributed by atoms with van der Waals surface area (Å²) in [6, 6.07) is 75.2. The van der Waals surface area contributed by atoms with Crippen molar-refractivity contribution in [2.75, 3.05) is 10.6 Å². The predicted molar refractivity (Wildman–Crippen MR) is 321 cm³/mol. The minimum atomic E-state index is -0.525. The molecule has 0 aliphatic rings. The van der Waals surface area contributed by atoms with Crippen LogP contribution in [0.25, 0.3) is 43.1 Å². The molecule has 0 saturated heterocycles. The summed E-state index contributed by atoms with van der Waals surface area (Å²) in [5, 5.41) is 70.8. The van der Waals surface area contributed by atoms with Crippen LogP contribution in [0.5, 0.6) is 17.2 Å². The number of nitrogens with one attached hydrogen (secondary N) is 2. The van der Waals surface area contributed by atoms with E-state index in [1.807, 2.05) is 158 Å². The van der Waals surface area contributed by atoms with E-state index in [0.717, 1.165) is 77.0 Å². The lowest BCUT2D eigenvalue weighted by Crippen LogP contribution is -2.07. The summed E-state index contributed by atoms with van der Waals surface area (Å²) in [7, 11) is 0. The van der Waals surface area contributed by atoms with Gasteiger partial charge < -0.3 is 25.6 Å². The fraction of sp³-hybridized carbons (Fsp3) is 0.0299. The summed E-state index contributed by atoms with van der Waals surface area (Å²) in [4.78, 5) is 13.2. The maximum atomic E-state index is 13.2. The van der Waals surface area contributed by atoms with E-state index in [2.05, 4.69) is 43.2 Å². The number of hydrogen-bond donors (Lipinski definition) is 4. The van der Waals surface area contributed by atoms with Crippen molar-refractivity contribution in [3.63, 3.8) is 0 Å². The first-order valence-electron chi connectivity index (χ1n) is 26.1. The molecule has 390 valence electrons. The average Bonchev–Trinajstić information content (AvgIpc) is 3.52. The fourth-order valence-corrected chi connectivity index (χ4v) is 9.40. The highest BCUT2D eigenvalue weighted by Crippen LogP contribution is 2.40. The van der Waals surface area contributed by atoms with Crippen molar-refractivity contribution in [3.05, 3.63) is 259 Å². The lowest BCUT2D eigenvalue weighted by Gasteiger charge is -2.11. The van der Waals surface area contributed by atoms with Gasteiger partial charge >= 0.3 is 5.97 Å². The number of phenolic OH excluding ortho intramolecular Hbond substituents is 2. The zero-order chi connectivity index (χ0) is 54.9. The minimum absolute atomic E-state index is 0.237.